The van der Waals surface area contributed by atoms with Gasteiger partial charge >= 0.3 is 0 Å². The second-order valence-electron chi connectivity index (χ2n) is 5.31. The molecule has 1 saturated heterocycles. The van der Waals surface area contributed by atoms with E-state index in [1.165, 1.54) is 5.17 Å². The van der Waals surface area contributed by atoms with Gasteiger partial charge in [-0.2, -0.15) is 0 Å². The molecule has 2 aliphatic heterocycles. The van der Waals surface area contributed by atoms with Crippen LogP contribution in [0.3, 0.4) is 0 Å². The monoisotopic (exact) mass is 334 g/mol. The van der Waals surface area contributed by atoms with Crippen molar-refractivity contribution in [1.29, 1.82) is 0 Å². The first-order valence-electron chi connectivity index (χ1n) is 7.49. The van der Waals surface area contributed by atoms with Crippen molar-refractivity contribution < 1.29 is 4.74 Å². The van der Waals surface area contributed by atoms with Gasteiger partial charge < -0.3 is 9.64 Å². The molecular weight excluding hydrogens is 316 g/mol. The molecule has 4 rings (SSSR count). The maximum atomic E-state index is 5.40. The number of nitrogens with zero attached hydrogens (tertiary/aromatic N) is 4. The van der Waals surface area contributed by atoms with E-state index < -0.39 is 0 Å². The van der Waals surface area contributed by atoms with Crippen molar-refractivity contribution in [3.63, 3.8) is 0 Å². The topological polar surface area (TPSA) is 42.1 Å². The van der Waals surface area contributed by atoms with Gasteiger partial charge in [0, 0.05) is 30.3 Å². The van der Waals surface area contributed by atoms with Gasteiger partial charge in [-0.05, 0) is 12.1 Å². The van der Waals surface area contributed by atoms with Crippen molar-refractivity contribution in [3.8, 4) is 0 Å². The Kier molecular flexibility index (Phi) is 4.27. The highest BCUT2D eigenvalue weighted by atomic mass is 32.2. The van der Waals surface area contributed by atoms with Crippen molar-refractivity contribution >= 4 is 34.2 Å². The summed E-state index contributed by atoms with van der Waals surface area (Å²) in [5.41, 5.74) is 1.15. The number of hydrogen-bond acceptors (Lipinski definition) is 6. The second kappa shape index (κ2) is 6.52. The van der Waals surface area contributed by atoms with Crippen LogP contribution in [0.5, 0.6) is 0 Å². The van der Waals surface area contributed by atoms with Gasteiger partial charge in [-0.15, -0.1) is 0 Å². The van der Waals surface area contributed by atoms with Crippen LogP contribution >= 0.6 is 23.5 Å². The van der Waals surface area contributed by atoms with E-state index in [1.807, 2.05) is 41.9 Å². The molecule has 22 heavy (non-hydrogen) atoms. The second-order valence-corrected chi connectivity index (χ2v) is 7.56. The van der Waals surface area contributed by atoms with Crippen LogP contribution in [0.15, 0.2) is 40.7 Å². The van der Waals surface area contributed by atoms with Crippen molar-refractivity contribution in [3.05, 3.63) is 30.6 Å². The molecule has 0 aromatic carbocycles. The molecule has 0 unspecified atom stereocenters. The lowest BCUT2D eigenvalue weighted by molar-refractivity contribution is 0.0693. The van der Waals surface area contributed by atoms with Gasteiger partial charge in [0.1, 0.15) is 0 Å². The van der Waals surface area contributed by atoms with Crippen LogP contribution in [0.2, 0.25) is 0 Å². The molecular formula is C15H18N4OS2. The maximum Gasteiger partial charge on any atom is 0.172 e. The van der Waals surface area contributed by atoms with Crippen LogP contribution < -0.4 is 0 Å². The highest BCUT2D eigenvalue weighted by Gasteiger charge is 2.25. The maximum absolute atomic E-state index is 5.40. The van der Waals surface area contributed by atoms with Crippen molar-refractivity contribution in [2.45, 2.75) is 10.4 Å². The molecule has 2 aromatic rings. The lowest BCUT2D eigenvalue weighted by Crippen LogP contribution is -2.39. The largest absolute Gasteiger partial charge is 0.378 e. The van der Waals surface area contributed by atoms with Crippen molar-refractivity contribution in [1.82, 2.24) is 14.3 Å². The zero-order chi connectivity index (χ0) is 14.8. The minimum absolute atomic E-state index is 0.541. The predicted molar refractivity (Wildman–Crippen MR) is 92.0 cm³/mol. The van der Waals surface area contributed by atoms with Crippen LogP contribution in [0.25, 0.3) is 5.52 Å². The van der Waals surface area contributed by atoms with Crippen LogP contribution in [0.1, 0.15) is 0 Å². The number of aromatic nitrogens is 2. The molecule has 0 amide bonds. The molecule has 1 atom stereocenters. The number of amidine groups is 1. The van der Waals surface area contributed by atoms with Gasteiger partial charge in [0.15, 0.2) is 10.3 Å². The van der Waals surface area contributed by atoms with E-state index in [1.54, 1.807) is 0 Å². The number of hydrogen-bond donors (Lipinski definition) is 0. The number of morpholine rings is 1. The van der Waals surface area contributed by atoms with E-state index in [-0.39, 0.29) is 0 Å². The number of pyridine rings is 1. The summed E-state index contributed by atoms with van der Waals surface area (Å²) in [6.07, 6.45) is 4.00. The lowest BCUT2D eigenvalue weighted by atomic mass is 10.4. The minimum atomic E-state index is 0.541. The third kappa shape index (κ3) is 2.98. The zero-order valence-electron chi connectivity index (χ0n) is 12.2. The summed E-state index contributed by atoms with van der Waals surface area (Å²) < 4.78 is 7.55. The van der Waals surface area contributed by atoms with Crippen LogP contribution in [0, 0.1) is 0 Å². The first-order chi connectivity index (χ1) is 10.9. The molecule has 0 N–H and O–H groups in total. The number of rotatable bonds is 3. The Bertz CT molecular complexity index is 681. The van der Waals surface area contributed by atoms with Gasteiger partial charge in [-0.1, -0.05) is 29.6 Å². The number of ether oxygens (including phenoxy) is 1. The first kappa shape index (κ1) is 14.4. The van der Waals surface area contributed by atoms with E-state index in [9.17, 15) is 0 Å². The van der Waals surface area contributed by atoms with Crippen molar-refractivity contribution in [2.75, 3.05) is 38.6 Å². The molecule has 0 spiro atoms. The summed E-state index contributed by atoms with van der Waals surface area (Å²) in [7, 11) is 0. The van der Waals surface area contributed by atoms with Crippen LogP contribution in [0.4, 0.5) is 0 Å². The van der Waals surface area contributed by atoms with E-state index in [0.717, 1.165) is 49.3 Å². The fourth-order valence-electron chi connectivity index (χ4n) is 2.61. The Morgan fingerprint density at radius 1 is 1.32 bits per heavy atom. The SMILES string of the molecule is c1ccn2c(SC[C@@H]3CN=C(N4CCOCC4)S3)ncc2c1. The Labute approximate surface area is 138 Å². The Morgan fingerprint density at radius 3 is 3.14 bits per heavy atom. The number of fused-ring (bicyclic) bond motifs is 1. The third-order valence-electron chi connectivity index (χ3n) is 3.79. The Morgan fingerprint density at radius 2 is 2.23 bits per heavy atom. The fourth-order valence-corrected chi connectivity index (χ4v) is 4.89. The van der Waals surface area contributed by atoms with Gasteiger partial charge in [0.05, 0.1) is 31.5 Å². The van der Waals surface area contributed by atoms with Crippen LogP contribution in [-0.2, 0) is 4.74 Å². The molecule has 0 radical (unpaired) electrons. The molecule has 0 aliphatic carbocycles. The van der Waals surface area contributed by atoms with Gasteiger partial charge in [0.25, 0.3) is 0 Å². The van der Waals surface area contributed by atoms with E-state index in [4.69, 9.17) is 9.73 Å². The molecule has 116 valence electrons. The van der Waals surface area contributed by atoms with Gasteiger partial charge in [-0.3, -0.25) is 9.39 Å². The summed E-state index contributed by atoms with van der Waals surface area (Å²) in [5.74, 6) is 1.04. The van der Waals surface area contributed by atoms with Gasteiger partial charge in [-0.25, -0.2) is 4.98 Å². The molecule has 1 fully saturated rings. The Balaban J connectivity index is 1.34. The zero-order valence-corrected chi connectivity index (χ0v) is 13.9. The predicted octanol–water partition coefficient (Wildman–Crippen LogP) is 2.23. The Hall–Kier alpha value is -1.18. The van der Waals surface area contributed by atoms with Crippen molar-refractivity contribution in [2.24, 2.45) is 4.99 Å². The van der Waals surface area contributed by atoms with E-state index in [2.05, 4.69) is 26.5 Å². The standard InChI is InChI=1S/C15H18N4OS2/c1-2-4-19-12(3-1)9-16-15(19)21-11-13-10-17-14(22-13)18-5-7-20-8-6-18/h1-4,9,13H,5-8,10-11H2/t13-/m0/s1. The summed E-state index contributed by atoms with van der Waals surface area (Å²) in [5, 5.41) is 2.80. The van der Waals surface area contributed by atoms with E-state index >= 15 is 0 Å². The summed E-state index contributed by atoms with van der Waals surface area (Å²) in [6.45, 7) is 4.49. The molecule has 0 bridgehead atoms. The lowest BCUT2D eigenvalue weighted by Gasteiger charge is -2.28. The normalized spacial score (nSPS) is 22.3. The minimum Gasteiger partial charge on any atom is -0.378 e. The molecule has 0 saturated carbocycles. The number of aliphatic imine (C=N–C) groups is 1. The van der Waals surface area contributed by atoms with Gasteiger partial charge in [0.2, 0.25) is 0 Å². The molecule has 5 nitrogen and oxygen atoms in total. The molecule has 4 heterocycles. The number of imidazole rings is 1. The summed E-state index contributed by atoms with van der Waals surface area (Å²) >= 11 is 3.72. The quantitative estimate of drug-likeness (QED) is 0.805. The smallest absolute Gasteiger partial charge is 0.172 e. The first-order valence-corrected chi connectivity index (χ1v) is 9.35. The summed E-state index contributed by atoms with van der Waals surface area (Å²) in [6, 6.07) is 6.17. The highest BCUT2D eigenvalue weighted by molar-refractivity contribution is 8.15. The van der Waals surface area contributed by atoms with Crippen LogP contribution in [-0.4, -0.2) is 63.3 Å². The fraction of sp³-hybridized carbons (Fsp3) is 0.467. The average molecular weight is 334 g/mol. The highest BCUT2D eigenvalue weighted by Crippen LogP contribution is 2.29. The number of thioether (sulfide) groups is 2. The molecule has 7 heteroatoms. The third-order valence-corrected chi connectivity index (χ3v) is 6.37. The van der Waals surface area contributed by atoms with E-state index in [0.29, 0.717) is 5.25 Å². The average Bonchev–Trinajstić information content (AvgIpc) is 3.21. The summed E-state index contributed by atoms with van der Waals surface area (Å²) in [4.78, 5) is 11.6. The molecule has 2 aromatic heterocycles. The molecule has 2 aliphatic rings.